The van der Waals surface area contributed by atoms with Crippen LogP contribution < -0.4 is 15.4 Å². The molecule has 0 bridgehead atoms. The molecule has 10 heteroatoms. The van der Waals surface area contributed by atoms with Gasteiger partial charge in [0.15, 0.2) is 5.96 Å². The summed E-state index contributed by atoms with van der Waals surface area (Å²) in [7, 11) is -3.36. The molecule has 8 nitrogen and oxygen atoms in total. The van der Waals surface area contributed by atoms with Crippen molar-refractivity contribution in [3.8, 4) is 0 Å². The molecule has 3 N–H and O–H groups in total. The van der Waals surface area contributed by atoms with E-state index in [2.05, 4.69) is 20.3 Å². The molecule has 1 heterocycles. The SMILES string of the molecule is CCNC(=NCCCOCC1CCCO1)NCCS(=O)(=O)NCc1ccccc1.I. The van der Waals surface area contributed by atoms with Crippen LogP contribution in [-0.4, -0.2) is 65.7 Å². The maximum Gasteiger partial charge on any atom is 0.213 e. The molecule has 1 saturated heterocycles. The second-order valence-electron chi connectivity index (χ2n) is 6.88. The van der Waals surface area contributed by atoms with Gasteiger partial charge >= 0.3 is 0 Å². The summed E-state index contributed by atoms with van der Waals surface area (Å²) in [6.45, 7) is 6.00. The molecular weight excluding hydrogens is 519 g/mol. The Kier molecular flexibility index (Phi) is 14.3. The number of rotatable bonds is 13. The molecule has 1 aliphatic heterocycles. The molecule has 1 aliphatic rings. The Morgan fingerprint density at radius 2 is 2.07 bits per heavy atom. The molecule has 0 saturated carbocycles. The van der Waals surface area contributed by atoms with Crippen LogP contribution >= 0.6 is 24.0 Å². The van der Waals surface area contributed by atoms with E-state index in [4.69, 9.17) is 9.47 Å². The highest BCUT2D eigenvalue weighted by Gasteiger charge is 2.15. The summed E-state index contributed by atoms with van der Waals surface area (Å²) in [5, 5.41) is 6.19. The molecule has 0 amide bonds. The van der Waals surface area contributed by atoms with E-state index in [1.165, 1.54) is 0 Å². The minimum Gasteiger partial charge on any atom is -0.379 e. The minimum absolute atomic E-state index is 0. The molecule has 0 aromatic heterocycles. The summed E-state index contributed by atoms with van der Waals surface area (Å²) in [5.74, 6) is 0.597. The van der Waals surface area contributed by atoms with Gasteiger partial charge in [0.05, 0.1) is 18.5 Å². The monoisotopic (exact) mass is 554 g/mol. The van der Waals surface area contributed by atoms with E-state index in [0.717, 1.165) is 31.4 Å². The average Bonchev–Trinajstić information content (AvgIpc) is 3.23. The van der Waals surface area contributed by atoms with Gasteiger partial charge in [0.25, 0.3) is 0 Å². The van der Waals surface area contributed by atoms with Crippen LogP contribution in [-0.2, 0) is 26.0 Å². The fourth-order valence-electron chi connectivity index (χ4n) is 2.85. The van der Waals surface area contributed by atoms with Gasteiger partial charge in [0, 0.05) is 39.4 Å². The predicted molar refractivity (Wildman–Crippen MR) is 131 cm³/mol. The Bertz CT molecular complexity index is 698. The normalized spacial score (nSPS) is 16.8. The smallest absolute Gasteiger partial charge is 0.213 e. The highest BCUT2D eigenvalue weighted by atomic mass is 127. The van der Waals surface area contributed by atoms with Crippen molar-refractivity contribution in [3.05, 3.63) is 35.9 Å². The third kappa shape index (κ3) is 12.0. The van der Waals surface area contributed by atoms with Crippen molar-refractivity contribution in [1.29, 1.82) is 0 Å². The predicted octanol–water partition coefficient (Wildman–Crippen LogP) is 1.86. The van der Waals surface area contributed by atoms with Crippen LogP contribution in [0.5, 0.6) is 0 Å². The van der Waals surface area contributed by atoms with Crippen molar-refractivity contribution < 1.29 is 17.9 Å². The maximum absolute atomic E-state index is 12.1. The van der Waals surface area contributed by atoms with E-state index in [1.54, 1.807) is 0 Å². The molecule has 1 aromatic carbocycles. The lowest BCUT2D eigenvalue weighted by atomic mass is 10.2. The Morgan fingerprint density at radius 3 is 2.77 bits per heavy atom. The van der Waals surface area contributed by atoms with Crippen molar-refractivity contribution in [2.45, 2.75) is 38.8 Å². The number of nitrogens with zero attached hydrogens (tertiary/aromatic N) is 1. The number of nitrogens with one attached hydrogen (secondary N) is 3. The molecule has 30 heavy (non-hydrogen) atoms. The minimum atomic E-state index is -3.36. The van der Waals surface area contributed by atoms with Gasteiger partial charge in [-0.1, -0.05) is 30.3 Å². The quantitative estimate of drug-likeness (QED) is 0.149. The van der Waals surface area contributed by atoms with Crippen LogP contribution in [0.3, 0.4) is 0 Å². The van der Waals surface area contributed by atoms with Gasteiger partial charge in [0.2, 0.25) is 10.0 Å². The van der Waals surface area contributed by atoms with Crippen LogP contribution in [0.4, 0.5) is 0 Å². The van der Waals surface area contributed by atoms with Crippen LogP contribution in [0.15, 0.2) is 35.3 Å². The summed E-state index contributed by atoms with van der Waals surface area (Å²) < 4.78 is 38.1. The molecule has 1 aromatic rings. The summed E-state index contributed by atoms with van der Waals surface area (Å²) >= 11 is 0. The average molecular weight is 554 g/mol. The molecule has 0 aliphatic carbocycles. The highest BCUT2D eigenvalue weighted by molar-refractivity contribution is 14.0. The molecule has 0 radical (unpaired) electrons. The van der Waals surface area contributed by atoms with Crippen molar-refractivity contribution >= 4 is 40.0 Å². The molecular formula is C20H35IN4O4S. The standard InChI is InChI=1S/C20H34N4O4S.HI/c1-2-21-20(22-11-7-13-27-17-19-10-6-14-28-19)23-12-15-29(25,26)24-16-18-8-4-3-5-9-18;/h3-5,8-9,19,24H,2,6-7,10-17H2,1H3,(H2,21,22,23);1H. The van der Waals surface area contributed by atoms with Gasteiger partial charge in [-0.15, -0.1) is 24.0 Å². The fourth-order valence-corrected chi connectivity index (χ4v) is 3.76. The zero-order chi connectivity index (χ0) is 20.8. The van der Waals surface area contributed by atoms with Crippen LogP contribution in [0.25, 0.3) is 0 Å². The van der Waals surface area contributed by atoms with Gasteiger partial charge in [-0.05, 0) is 31.7 Å². The van der Waals surface area contributed by atoms with Crippen LogP contribution in [0.1, 0.15) is 31.7 Å². The van der Waals surface area contributed by atoms with Crippen molar-refractivity contribution in [2.75, 3.05) is 45.2 Å². The third-order valence-electron chi connectivity index (χ3n) is 4.39. The van der Waals surface area contributed by atoms with E-state index < -0.39 is 10.0 Å². The highest BCUT2D eigenvalue weighted by Crippen LogP contribution is 2.11. The number of sulfonamides is 1. The summed E-state index contributed by atoms with van der Waals surface area (Å²) in [4.78, 5) is 4.46. The van der Waals surface area contributed by atoms with E-state index in [0.29, 0.717) is 38.8 Å². The first kappa shape index (κ1) is 27.1. The second kappa shape index (κ2) is 15.8. The number of hydrogen-bond acceptors (Lipinski definition) is 5. The lowest BCUT2D eigenvalue weighted by Gasteiger charge is -2.12. The number of hydrogen-bond donors (Lipinski definition) is 3. The molecule has 172 valence electrons. The number of halogens is 1. The summed E-state index contributed by atoms with van der Waals surface area (Å²) in [5.41, 5.74) is 0.931. The largest absolute Gasteiger partial charge is 0.379 e. The van der Waals surface area contributed by atoms with E-state index in [1.807, 2.05) is 37.3 Å². The number of aliphatic imine (C=N–C) groups is 1. The van der Waals surface area contributed by atoms with Gasteiger partial charge < -0.3 is 20.1 Å². The molecule has 0 spiro atoms. The summed E-state index contributed by atoms with van der Waals surface area (Å²) in [6.07, 6.45) is 3.25. The zero-order valence-corrected chi connectivity index (χ0v) is 20.8. The van der Waals surface area contributed by atoms with Crippen LogP contribution in [0.2, 0.25) is 0 Å². The Labute approximate surface area is 197 Å². The molecule has 2 rings (SSSR count). The fraction of sp³-hybridized carbons (Fsp3) is 0.650. The van der Waals surface area contributed by atoms with Crippen LogP contribution in [0, 0.1) is 0 Å². The Morgan fingerprint density at radius 1 is 1.27 bits per heavy atom. The maximum atomic E-state index is 12.1. The number of ether oxygens (including phenoxy) is 2. The molecule has 1 fully saturated rings. The third-order valence-corrected chi connectivity index (χ3v) is 5.72. The molecule has 1 atom stereocenters. The zero-order valence-electron chi connectivity index (χ0n) is 17.6. The van der Waals surface area contributed by atoms with E-state index in [9.17, 15) is 8.42 Å². The number of guanidine groups is 1. The first-order valence-electron chi connectivity index (χ1n) is 10.3. The molecule has 1 unspecified atom stereocenters. The number of benzene rings is 1. The van der Waals surface area contributed by atoms with Gasteiger partial charge in [-0.3, -0.25) is 4.99 Å². The van der Waals surface area contributed by atoms with Gasteiger partial charge in [-0.25, -0.2) is 13.1 Å². The van der Waals surface area contributed by atoms with E-state index >= 15 is 0 Å². The lowest BCUT2D eigenvalue weighted by molar-refractivity contribution is 0.0171. The first-order valence-corrected chi connectivity index (χ1v) is 12.0. The Balaban J connectivity index is 0.00000450. The van der Waals surface area contributed by atoms with Gasteiger partial charge in [0.1, 0.15) is 0 Å². The van der Waals surface area contributed by atoms with Crippen molar-refractivity contribution in [1.82, 2.24) is 15.4 Å². The van der Waals surface area contributed by atoms with Crippen molar-refractivity contribution in [2.24, 2.45) is 4.99 Å². The topological polar surface area (TPSA) is 101 Å². The first-order chi connectivity index (χ1) is 14.1. The second-order valence-corrected chi connectivity index (χ2v) is 8.80. The van der Waals surface area contributed by atoms with Gasteiger partial charge in [-0.2, -0.15) is 0 Å². The Hall–Kier alpha value is -0.950. The van der Waals surface area contributed by atoms with Crippen molar-refractivity contribution in [3.63, 3.8) is 0 Å². The lowest BCUT2D eigenvalue weighted by Crippen LogP contribution is -2.41. The van der Waals surface area contributed by atoms with E-state index in [-0.39, 0.29) is 42.4 Å². The summed E-state index contributed by atoms with van der Waals surface area (Å²) in [6, 6.07) is 9.46.